The van der Waals surface area contributed by atoms with Gasteiger partial charge >= 0.3 is 6.61 Å². The van der Waals surface area contributed by atoms with Gasteiger partial charge < -0.3 is 9.47 Å². The van der Waals surface area contributed by atoms with E-state index >= 15 is 0 Å². The number of ketones is 1. The molecule has 0 aliphatic carbocycles. The number of hydrogen-bond donors (Lipinski definition) is 0. The summed E-state index contributed by atoms with van der Waals surface area (Å²) < 4.78 is 33.4. The van der Waals surface area contributed by atoms with E-state index in [0.29, 0.717) is 13.0 Å². The van der Waals surface area contributed by atoms with Gasteiger partial charge in [-0.25, -0.2) is 0 Å². The van der Waals surface area contributed by atoms with Crippen molar-refractivity contribution in [2.24, 2.45) is 0 Å². The number of carbonyl (C=O) groups is 1. The Morgan fingerprint density at radius 2 is 2.24 bits per heavy atom. The molecular weight excluding hydrogens is 230 g/mol. The van der Waals surface area contributed by atoms with Crippen molar-refractivity contribution in [2.75, 3.05) is 6.61 Å². The van der Waals surface area contributed by atoms with Crippen molar-refractivity contribution < 1.29 is 23.0 Å². The summed E-state index contributed by atoms with van der Waals surface area (Å²) in [5, 5.41) is 0. The summed E-state index contributed by atoms with van der Waals surface area (Å²) in [7, 11) is 0. The molecule has 0 atom stereocenters. The molecule has 1 aromatic carbocycles. The number of halogens is 2. The summed E-state index contributed by atoms with van der Waals surface area (Å²) in [5.74, 6) is -0.0918. The zero-order valence-electron chi connectivity index (χ0n) is 8.86. The number of allylic oxidation sites excluding steroid dienone is 1. The van der Waals surface area contributed by atoms with Gasteiger partial charge in [-0.1, -0.05) is 12.1 Å². The van der Waals surface area contributed by atoms with Gasteiger partial charge in [0.1, 0.15) is 5.75 Å². The van der Waals surface area contributed by atoms with Crippen molar-refractivity contribution in [1.82, 2.24) is 0 Å². The van der Waals surface area contributed by atoms with Crippen LogP contribution in [0.25, 0.3) is 0 Å². The van der Waals surface area contributed by atoms with Gasteiger partial charge in [0.15, 0.2) is 5.76 Å². The van der Waals surface area contributed by atoms with Crippen LogP contribution < -0.4 is 4.74 Å². The lowest BCUT2D eigenvalue weighted by molar-refractivity contribution is -0.0498. The van der Waals surface area contributed by atoms with Crippen LogP contribution in [0.4, 0.5) is 8.78 Å². The fourth-order valence-electron chi connectivity index (χ4n) is 1.53. The average molecular weight is 240 g/mol. The molecule has 0 saturated heterocycles. The highest BCUT2D eigenvalue weighted by Crippen LogP contribution is 2.20. The van der Waals surface area contributed by atoms with E-state index in [-0.39, 0.29) is 22.9 Å². The lowest BCUT2D eigenvalue weighted by Crippen LogP contribution is -2.06. The maximum Gasteiger partial charge on any atom is 0.387 e. The molecule has 0 bridgehead atoms. The molecule has 0 saturated carbocycles. The Balaban J connectivity index is 2.18. The largest absolute Gasteiger partial charge is 0.489 e. The highest BCUT2D eigenvalue weighted by Gasteiger charge is 2.17. The minimum absolute atomic E-state index is 0.0375. The van der Waals surface area contributed by atoms with Crippen LogP contribution in [0.15, 0.2) is 36.1 Å². The number of ether oxygens (including phenoxy) is 2. The van der Waals surface area contributed by atoms with E-state index < -0.39 is 6.61 Å². The average Bonchev–Trinajstić information content (AvgIpc) is 2.81. The number of benzene rings is 1. The highest BCUT2D eigenvalue weighted by molar-refractivity contribution is 6.07. The molecule has 1 heterocycles. The number of carbonyl (C=O) groups excluding carboxylic acids is 1. The molecule has 17 heavy (non-hydrogen) atoms. The van der Waals surface area contributed by atoms with Crippen molar-refractivity contribution in [3.63, 3.8) is 0 Å². The van der Waals surface area contributed by atoms with Crippen LogP contribution in [0.2, 0.25) is 0 Å². The van der Waals surface area contributed by atoms with Gasteiger partial charge in [-0.15, -0.1) is 0 Å². The van der Waals surface area contributed by atoms with E-state index in [1.807, 2.05) is 0 Å². The van der Waals surface area contributed by atoms with Gasteiger partial charge in [-0.05, 0) is 18.2 Å². The molecule has 0 aromatic heterocycles. The molecule has 0 radical (unpaired) electrons. The maximum absolute atomic E-state index is 12.0. The summed E-state index contributed by atoms with van der Waals surface area (Å²) in [5.41, 5.74) is 0.274. The molecule has 1 aromatic rings. The first-order chi connectivity index (χ1) is 8.16. The van der Waals surface area contributed by atoms with Gasteiger partial charge in [0.2, 0.25) is 5.78 Å². The third kappa shape index (κ3) is 2.81. The first-order valence-electron chi connectivity index (χ1n) is 5.09. The standard InChI is InChI=1S/C12H10F2O3/c13-12(14)17-9-4-1-3-8(7-9)11(15)10-5-2-6-16-10/h1,3-5,7,12H,2,6H2. The van der Waals surface area contributed by atoms with E-state index in [0.717, 1.165) is 0 Å². The first-order valence-corrected chi connectivity index (χ1v) is 5.09. The van der Waals surface area contributed by atoms with Gasteiger partial charge in [-0.2, -0.15) is 8.78 Å². The fourth-order valence-corrected chi connectivity index (χ4v) is 1.53. The second kappa shape index (κ2) is 4.95. The van der Waals surface area contributed by atoms with Crippen LogP contribution in [-0.2, 0) is 4.74 Å². The van der Waals surface area contributed by atoms with Gasteiger partial charge in [0, 0.05) is 12.0 Å². The predicted octanol–water partition coefficient (Wildman–Crippen LogP) is 2.77. The van der Waals surface area contributed by atoms with Crippen molar-refractivity contribution in [2.45, 2.75) is 13.0 Å². The molecule has 1 aliphatic rings. The molecule has 0 amide bonds. The van der Waals surface area contributed by atoms with E-state index in [9.17, 15) is 13.6 Å². The molecule has 1 aliphatic heterocycles. The zero-order valence-corrected chi connectivity index (χ0v) is 8.86. The smallest absolute Gasteiger partial charge is 0.387 e. The Bertz CT molecular complexity index is 455. The molecule has 0 fully saturated rings. The summed E-state index contributed by atoms with van der Waals surface area (Å²) in [6, 6.07) is 5.66. The topological polar surface area (TPSA) is 35.5 Å². The Morgan fingerprint density at radius 1 is 1.41 bits per heavy atom. The lowest BCUT2D eigenvalue weighted by atomic mass is 10.1. The normalized spacial score (nSPS) is 14.4. The second-order valence-corrected chi connectivity index (χ2v) is 3.44. The Kier molecular flexibility index (Phi) is 3.37. The number of rotatable bonds is 4. The number of Topliss-reactive ketones (excluding diaryl/α,β-unsaturated/α-hetero) is 1. The summed E-state index contributed by atoms with van der Waals surface area (Å²) >= 11 is 0. The minimum atomic E-state index is -2.90. The van der Waals surface area contributed by atoms with Gasteiger partial charge in [0.05, 0.1) is 6.61 Å². The van der Waals surface area contributed by atoms with E-state index in [1.54, 1.807) is 6.08 Å². The molecule has 0 unspecified atom stereocenters. The Hall–Kier alpha value is -1.91. The van der Waals surface area contributed by atoms with Crippen LogP contribution in [0.5, 0.6) is 5.75 Å². The maximum atomic E-state index is 12.0. The molecule has 5 heteroatoms. The summed E-state index contributed by atoms with van der Waals surface area (Å²) in [4.78, 5) is 11.8. The van der Waals surface area contributed by atoms with Gasteiger partial charge in [0.25, 0.3) is 0 Å². The van der Waals surface area contributed by atoms with E-state index in [4.69, 9.17) is 4.74 Å². The van der Waals surface area contributed by atoms with E-state index in [2.05, 4.69) is 4.74 Å². The fraction of sp³-hybridized carbons (Fsp3) is 0.250. The van der Waals surface area contributed by atoms with Crippen molar-refractivity contribution in [1.29, 1.82) is 0 Å². The van der Waals surface area contributed by atoms with Crippen LogP contribution in [0.3, 0.4) is 0 Å². The van der Waals surface area contributed by atoms with E-state index in [1.165, 1.54) is 24.3 Å². The van der Waals surface area contributed by atoms with Crippen molar-refractivity contribution >= 4 is 5.78 Å². The van der Waals surface area contributed by atoms with Gasteiger partial charge in [-0.3, -0.25) is 4.79 Å². The quantitative estimate of drug-likeness (QED) is 0.759. The molecule has 2 rings (SSSR count). The molecule has 0 N–H and O–H groups in total. The predicted molar refractivity (Wildman–Crippen MR) is 56.1 cm³/mol. The highest BCUT2D eigenvalue weighted by atomic mass is 19.3. The SMILES string of the molecule is O=C(C1=CCCO1)c1cccc(OC(F)F)c1. The van der Waals surface area contributed by atoms with Crippen molar-refractivity contribution in [3.05, 3.63) is 41.7 Å². The van der Waals surface area contributed by atoms with Crippen LogP contribution in [-0.4, -0.2) is 19.0 Å². The summed E-state index contributed by atoms with van der Waals surface area (Å²) in [6.45, 7) is -2.42. The lowest BCUT2D eigenvalue weighted by Gasteiger charge is -2.06. The molecular formula is C12H10F2O3. The molecule has 3 nitrogen and oxygen atoms in total. The monoisotopic (exact) mass is 240 g/mol. The first kappa shape index (κ1) is 11.6. The molecule has 90 valence electrons. The Morgan fingerprint density at radius 3 is 2.88 bits per heavy atom. The minimum Gasteiger partial charge on any atom is -0.489 e. The second-order valence-electron chi connectivity index (χ2n) is 3.44. The van der Waals surface area contributed by atoms with Crippen LogP contribution in [0.1, 0.15) is 16.8 Å². The summed E-state index contributed by atoms with van der Waals surface area (Å²) in [6.07, 6.45) is 2.37. The number of hydrogen-bond acceptors (Lipinski definition) is 3. The zero-order chi connectivity index (χ0) is 12.3. The van der Waals surface area contributed by atoms with Crippen LogP contribution in [0, 0.1) is 0 Å². The molecule has 0 spiro atoms. The van der Waals surface area contributed by atoms with Crippen LogP contribution >= 0.6 is 0 Å². The third-order valence-corrected chi connectivity index (χ3v) is 2.25. The Labute approximate surface area is 96.6 Å². The third-order valence-electron chi connectivity index (χ3n) is 2.25. The number of alkyl halides is 2. The van der Waals surface area contributed by atoms with Crippen molar-refractivity contribution in [3.8, 4) is 5.75 Å².